The Labute approximate surface area is 39.0 Å². The molecule has 0 saturated heterocycles. The first kappa shape index (κ1) is 9.40. The van der Waals surface area contributed by atoms with Crippen LogP contribution in [0.15, 0.2) is 0 Å². The molecule has 0 saturated carbocycles. The molecule has 36 valence electrons. The van der Waals surface area contributed by atoms with Gasteiger partial charge in [-0.1, -0.05) is 0 Å². The zero-order valence-electron chi connectivity index (χ0n) is 2.12. The van der Waals surface area contributed by atoms with Crippen molar-refractivity contribution in [2.75, 3.05) is 0 Å². The SMILES string of the molecule is O=S(=O)(O)O.[BeH2]. The third-order valence-electron chi connectivity index (χ3n) is 0. The van der Waals surface area contributed by atoms with Crippen molar-refractivity contribution >= 4 is 20.5 Å². The van der Waals surface area contributed by atoms with Gasteiger partial charge in [0.1, 0.15) is 0 Å². The van der Waals surface area contributed by atoms with Crippen molar-refractivity contribution in [2.24, 2.45) is 0 Å². The van der Waals surface area contributed by atoms with Crippen LogP contribution in [-0.2, 0) is 10.4 Å². The van der Waals surface area contributed by atoms with Gasteiger partial charge in [-0.15, -0.1) is 0 Å². The molecule has 0 aromatic carbocycles. The summed E-state index contributed by atoms with van der Waals surface area (Å²) in [7, 11) is -4.67. The van der Waals surface area contributed by atoms with E-state index in [2.05, 4.69) is 0 Å². The molecule has 4 nitrogen and oxygen atoms in total. The van der Waals surface area contributed by atoms with E-state index in [0.717, 1.165) is 0 Å². The van der Waals surface area contributed by atoms with Crippen molar-refractivity contribution in [3.8, 4) is 0 Å². The van der Waals surface area contributed by atoms with Gasteiger partial charge in [0, 0.05) is 0 Å². The maximum atomic E-state index is 8.74. The monoisotopic (exact) mass is 109 g/mol. The number of hydrogen-bond acceptors (Lipinski definition) is 2. The molecule has 0 aliphatic heterocycles. The summed E-state index contributed by atoms with van der Waals surface area (Å²) in [6, 6.07) is 0. The normalized spacial score (nSPS) is 9.67. The zero-order valence-corrected chi connectivity index (χ0v) is 2.94. The van der Waals surface area contributed by atoms with Crippen molar-refractivity contribution in [1.29, 1.82) is 0 Å². The molecule has 2 N–H and O–H groups in total. The summed E-state index contributed by atoms with van der Waals surface area (Å²) in [5, 5.41) is 0. The molecule has 0 aliphatic carbocycles. The second kappa shape index (κ2) is 2.25. The number of hydrogen-bond donors (Lipinski definition) is 2. The van der Waals surface area contributed by atoms with Crippen LogP contribution in [-0.4, -0.2) is 27.6 Å². The Bertz CT molecular complexity index is 90.7. The summed E-state index contributed by atoms with van der Waals surface area (Å²) in [5.74, 6) is 0. The quantitative estimate of drug-likeness (QED) is 0.291. The van der Waals surface area contributed by atoms with E-state index in [9.17, 15) is 0 Å². The third kappa shape index (κ3) is 24700. The fraction of sp³-hybridized carbons (Fsp3) is 0. The average Bonchev–Trinajstić information content (AvgIpc) is 0.722. The van der Waals surface area contributed by atoms with Crippen LogP contribution in [0.25, 0.3) is 0 Å². The summed E-state index contributed by atoms with van der Waals surface area (Å²) in [5.41, 5.74) is 0. The predicted molar refractivity (Wildman–Crippen MR) is 22.7 cm³/mol. The molecule has 0 heterocycles. The Morgan fingerprint density at radius 1 is 1.17 bits per heavy atom. The molecule has 0 aromatic rings. The van der Waals surface area contributed by atoms with Gasteiger partial charge in [0.25, 0.3) is 0 Å². The molecule has 6 heavy (non-hydrogen) atoms. The Kier molecular flexibility index (Phi) is 3.53. The molecule has 0 fully saturated rings. The Morgan fingerprint density at radius 2 is 1.17 bits per heavy atom. The molecule has 0 aromatic heterocycles. The average molecular weight is 109 g/mol. The summed E-state index contributed by atoms with van der Waals surface area (Å²) in [4.78, 5) is 0. The van der Waals surface area contributed by atoms with Gasteiger partial charge in [-0.2, -0.15) is 8.42 Å². The molecule has 0 aliphatic rings. The van der Waals surface area contributed by atoms with Crippen molar-refractivity contribution in [3.05, 3.63) is 0 Å². The molecule has 0 unspecified atom stereocenters. The molecule has 0 spiro atoms. The molecular formula is H4BeO4S. The maximum absolute atomic E-state index is 8.74. The van der Waals surface area contributed by atoms with Gasteiger partial charge in [-0.3, -0.25) is 9.11 Å². The van der Waals surface area contributed by atoms with E-state index in [1.54, 1.807) is 0 Å². The van der Waals surface area contributed by atoms with Crippen LogP contribution in [0.5, 0.6) is 0 Å². The van der Waals surface area contributed by atoms with Crippen molar-refractivity contribution in [3.63, 3.8) is 0 Å². The van der Waals surface area contributed by atoms with Gasteiger partial charge in [0.05, 0.1) is 0 Å². The predicted octanol–water partition coefficient (Wildman–Crippen LogP) is -1.57. The van der Waals surface area contributed by atoms with Crippen molar-refractivity contribution in [2.45, 2.75) is 0 Å². The molecular weight excluding hydrogens is 105 g/mol. The van der Waals surface area contributed by atoms with Crippen molar-refractivity contribution in [1.82, 2.24) is 0 Å². The Hall–Kier alpha value is 0.0388. The van der Waals surface area contributed by atoms with Crippen LogP contribution < -0.4 is 0 Å². The van der Waals surface area contributed by atoms with Gasteiger partial charge in [-0.05, 0) is 0 Å². The standard InChI is InChI=1S/Be.H2O4S.2H/c;1-5(2,3)4;;/h;(H2,1,2,3,4);;. The summed E-state index contributed by atoms with van der Waals surface area (Å²) in [6.07, 6.45) is 0. The second-order valence-electron chi connectivity index (χ2n) is 0.448. The van der Waals surface area contributed by atoms with Crippen LogP contribution in [0.3, 0.4) is 0 Å². The molecule has 0 radical (unpaired) electrons. The second-order valence-corrected chi connectivity index (χ2v) is 1.34. The van der Waals surface area contributed by atoms with Gasteiger partial charge in [-0.25, -0.2) is 0 Å². The van der Waals surface area contributed by atoms with Gasteiger partial charge in [0.15, 0.2) is 0 Å². The fourth-order valence-corrected chi connectivity index (χ4v) is 0. The molecule has 6 heteroatoms. The van der Waals surface area contributed by atoms with Crippen LogP contribution >= 0.6 is 0 Å². The van der Waals surface area contributed by atoms with E-state index in [-0.39, 0.29) is 10.1 Å². The van der Waals surface area contributed by atoms with Gasteiger partial charge in [0.2, 0.25) is 0 Å². The van der Waals surface area contributed by atoms with E-state index < -0.39 is 10.4 Å². The Morgan fingerprint density at radius 3 is 1.17 bits per heavy atom. The number of rotatable bonds is 0. The van der Waals surface area contributed by atoms with Crippen LogP contribution in [0, 0.1) is 0 Å². The van der Waals surface area contributed by atoms with Gasteiger partial charge >= 0.3 is 20.5 Å². The summed E-state index contributed by atoms with van der Waals surface area (Å²) >= 11 is 0. The minimum atomic E-state index is -4.67. The first-order valence-corrected chi connectivity index (χ1v) is 2.10. The molecule has 0 atom stereocenters. The van der Waals surface area contributed by atoms with Gasteiger partial charge < -0.3 is 0 Å². The van der Waals surface area contributed by atoms with Crippen LogP contribution in [0.2, 0.25) is 0 Å². The van der Waals surface area contributed by atoms with E-state index >= 15 is 0 Å². The van der Waals surface area contributed by atoms with Crippen molar-refractivity contribution < 1.29 is 17.5 Å². The van der Waals surface area contributed by atoms with E-state index in [4.69, 9.17) is 17.5 Å². The summed E-state index contributed by atoms with van der Waals surface area (Å²) < 4.78 is 31.6. The molecule has 0 rings (SSSR count). The molecule has 0 bridgehead atoms. The third-order valence-corrected chi connectivity index (χ3v) is 0. The zero-order chi connectivity index (χ0) is 4.50. The molecule has 0 amide bonds. The van der Waals surface area contributed by atoms with Crippen LogP contribution in [0.4, 0.5) is 0 Å². The minimum absolute atomic E-state index is 0. The van der Waals surface area contributed by atoms with E-state index in [1.807, 2.05) is 0 Å². The first-order valence-electron chi connectivity index (χ1n) is 0.698. The summed E-state index contributed by atoms with van der Waals surface area (Å²) in [6.45, 7) is 0. The van der Waals surface area contributed by atoms with Crippen LogP contribution in [0.1, 0.15) is 0 Å². The fourth-order valence-electron chi connectivity index (χ4n) is 0. The Balaban J connectivity index is 0. The topological polar surface area (TPSA) is 74.6 Å². The first-order chi connectivity index (χ1) is 2.00. The van der Waals surface area contributed by atoms with E-state index in [1.165, 1.54) is 0 Å². The van der Waals surface area contributed by atoms with E-state index in [0.29, 0.717) is 0 Å².